The average molecular weight is 304 g/mol. The van der Waals surface area contributed by atoms with Crippen LogP contribution in [0.5, 0.6) is 0 Å². The first-order valence-corrected chi connectivity index (χ1v) is 7.36. The van der Waals surface area contributed by atoms with Crippen molar-refractivity contribution in [2.45, 2.75) is 18.9 Å². The van der Waals surface area contributed by atoms with E-state index in [0.717, 1.165) is 16.4 Å². The number of carboxylic acids is 1. The molecule has 0 aliphatic heterocycles. The van der Waals surface area contributed by atoms with Crippen LogP contribution in [0.3, 0.4) is 0 Å². The summed E-state index contributed by atoms with van der Waals surface area (Å²) in [5.41, 5.74) is 0. The van der Waals surface area contributed by atoms with Crippen molar-refractivity contribution in [2.24, 2.45) is 0 Å². The van der Waals surface area contributed by atoms with Crippen molar-refractivity contribution in [1.29, 1.82) is 0 Å². The van der Waals surface area contributed by atoms with E-state index in [2.05, 4.69) is 5.32 Å². The van der Waals surface area contributed by atoms with Crippen molar-refractivity contribution in [2.75, 3.05) is 19.6 Å². The maximum atomic E-state index is 12.2. The van der Waals surface area contributed by atoms with Gasteiger partial charge in [0.25, 0.3) is 10.0 Å². The first kappa shape index (κ1) is 16.2. The van der Waals surface area contributed by atoms with E-state index in [1.807, 2.05) is 0 Å². The van der Waals surface area contributed by atoms with Crippen LogP contribution in [-0.2, 0) is 14.8 Å². The van der Waals surface area contributed by atoms with Gasteiger partial charge in [0.05, 0.1) is 6.54 Å². The molecule has 1 rings (SSSR count). The molecule has 1 amide bonds. The molecule has 0 aliphatic carbocycles. The van der Waals surface area contributed by atoms with Crippen LogP contribution in [0.2, 0.25) is 0 Å². The molecule has 1 aromatic heterocycles. The first-order chi connectivity index (χ1) is 9.32. The number of nitrogens with zero attached hydrogens (tertiary/aromatic N) is 1. The zero-order chi connectivity index (χ0) is 15.3. The summed E-state index contributed by atoms with van der Waals surface area (Å²) in [6.07, 6.45) is 0. The Morgan fingerprint density at radius 1 is 1.35 bits per heavy atom. The molecule has 0 aliphatic rings. The fourth-order valence-electron chi connectivity index (χ4n) is 1.48. The highest BCUT2D eigenvalue weighted by atomic mass is 32.2. The maximum absolute atomic E-state index is 12.2. The Balaban J connectivity index is 2.99. The number of aromatic carboxylic acids is 1. The molecule has 8 nitrogen and oxygen atoms in total. The summed E-state index contributed by atoms with van der Waals surface area (Å²) in [4.78, 5) is 22.1. The van der Waals surface area contributed by atoms with Gasteiger partial charge in [-0.2, -0.15) is 4.31 Å². The second-order valence-corrected chi connectivity index (χ2v) is 5.68. The molecule has 0 bridgehead atoms. The zero-order valence-corrected chi connectivity index (χ0v) is 11.9. The molecule has 0 saturated heterocycles. The molecular weight excluding hydrogens is 288 g/mol. The van der Waals surface area contributed by atoms with Crippen LogP contribution >= 0.6 is 0 Å². The van der Waals surface area contributed by atoms with Crippen LogP contribution in [0.1, 0.15) is 24.4 Å². The smallest absolute Gasteiger partial charge is 0.371 e. The van der Waals surface area contributed by atoms with Gasteiger partial charge in [0.2, 0.25) is 16.8 Å². The van der Waals surface area contributed by atoms with Crippen molar-refractivity contribution in [3.63, 3.8) is 0 Å². The Labute approximate surface area is 116 Å². The average Bonchev–Trinajstić information content (AvgIpc) is 2.86. The molecule has 20 heavy (non-hydrogen) atoms. The van der Waals surface area contributed by atoms with Gasteiger partial charge in [0.15, 0.2) is 0 Å². The number of amides is 1. The van der Waals surface area contributed by atoms with E-state index >= 15 is 0 Å². The number of hydrogen-bond acceptors (Lipinski definition) is 5. The minimum atomic E-state index is -4.03. The Kier molecular flexibility index (Phi) is 5.28. The van der Waals surface area contributed by atoms with Crippen LogP contribution in [0.15, 0.2) is 21.6 Å². The molecular formula is C11H16N2O6S. The molecule has 2 N–H and O–H groups in total. The summed E-state index contributed by atoms with van der Waals surface area (Å²) in [6.45, 7) is 3.38. The molecule has 112 valence electrons. The molecule has 1 aromatic rings. The number of nitrogens with one attached hydrogen (secondary N) is 1. The Morgan fingerprint density at radius 2 is 2.00 bits per heavy atom. The first-order valence-electron chi connectivity index (χ1n) is 5.92. The summed E-state index contributed by atoms with van der Waals surface area (Å²) in [7, 11) is -4.03. The number of hydrogen-bond donors (Lipinski definition) is 2. The minimum absolute atomic E-state index is 0.0581. The third-order valence-corrected chi connectivity index (χ3v) is 4.23. The third-order valence-electron chi connectivity index (χ3n) is 2.43. The number of furan rings is 1. The van der Waals surface area contributed by atoms with Gasteiger partial charge in [0.1, 0.15) is 0 Å². The lowest BCUT2D eigenvalue weighted by Gasteiger charge is -2.18. The van der Waals surface area contributed by atoms with Crippen LogP contribution in [0.25, 0.3) is 0 Å². The van der Waals surface area contributed by atoms with Crippen LogP contribution in [0.4, 0.5) is 0 Å². The van der Waals surface area contributed by atoms with E-state index < -0.39 is 32.8 Å². The molecule has 0 atom stereocenters. The van der Waals surface area contributed by atoms with Crippen LogP contribution in [-0.4, -0.2) is 49.3 Å². The second kappa shape index (κ2) is 6.53. The lowest BCUT2D eigenvalue weighted by molar-refractivity contribution is -0.121. The normalized spacial score (nSPS) is 11.6. The van der Waals surface area contributed by atoms with E-state index in [0.29, 0.717) is 6.54 Å². The maximum Gasteiger partial charge on any atom is 0.371 e. The topological polar surface area (TPSA) is 117 Å². The number of likely N-dealkylation sites (N-methyl/N-ethyl adjacent to an activating group) is 2. The summed E-state index contributed by atoms with van der Waals surface area (Å²) in [6, 6.07) is 2.11. The number of rotatable bonds is 7. The van der Waals surface area contributed by atoms with Crippen molar-refractivity contribution < 1.29 is 27.5 Å². The summed E-state index contributed by atoms with van der Waals surface area (Å²) in [5.74, 6) is -2.28. The van der Waals surface area contributed by atoms with Gasteiger partial charge >= 0.3 is 5.97 Å². The Bertz CT molecular complexity index is 592. The van der Waals surface area contributed by atoms with Crippen LogP contribution in [0, 0.1) is 0 Å². The fraction of sp³-hybridized carbons (Fsp3) is 0.455. The number of sulfonamides is 1. The van der Waals surface area contributed by atoms with Crippen molar-refractivity contribution in [3.8, 4) is 0 Å². The molecule has 0 aromatic carbocycles. The predicted molar refractivity (Wildman–Crippen MR) is 68.8 cm³/mol. The van der Waals surface area contributed by atoms with E-state index in [1.165, 1.54) is 0 Å². The highest BCUT2D eigenvalue weighted by molar-refractivity contribution is 7.89. The lowest BCUT2D eigenvalue weighted by Crippen LogP contribution is -2.40. The fourth-order valence-corrected chi connectivity index (χ4v) is 2.80. The van der Waals surface area contributed by atoms with Crippen LogP contribution < -0.4 is 5.32 Å². The monoisotopic (exact) mass is 304 g/mol. The Hall–Kier alpha value is -1.87. The second-order valence-electron chi connectivity index (χ2n) is 3.81. The molecule has 1 heterocycles. The van der Waals surface area contributed by atoms with E-state index in [9.17, 15) is 18.0 Å². The molecule has 0 saturated carbocycles. The molecule has 0 spiro atoms. The van der Waals surface area contributed by atoms with Gasteiger partial charge in [-0.25, -0.2) is 13.2 Å². The number of carbonyl (C=O) groups excluding carboxylic acids is 1. The summed E-state index contributed by atoms with van der Waals surface area (Å²) in [5, 5.41) is 10.7. The quantitative estimate of drug-likeness (QED) is 0.739. The largest absolute Gasteiger partial charge is 0.475 e. The van der Waals surface area contributed by atoms with Gasteiger partial charge in [-0.3, -0.25) is 4.79 Å². The van der Waals surface area contributed by atoms with E-state index in [4.69, 9.17) is 9.52 Å². The Morgan fingerprint density at radius 3 is 2.45 bits per heavy atom. The number of carboxylic acid groups (broad SMARTS) is 1. The van der Waals surface area contributed by atoms with Gasteiger partial charge in [-0.15, -0.1) is 0 Å². The molecule has 0 fully saturated rings. The van der Waals surface area contributed by atoms with Gasteiger partial charge in [0, 0.05) is 13.1 Å². The highest BCUT2D eigenvalue weighted by Crippen LogP contribution is 2.18. The highest BCUT2D eigenvalue weighted by Gasteiger charge is 2.29. The van der Waals surface area contributed by atoms with Crippen molar-refractivity contribution in [1.82, 2.24) is 9.62 Å². The summed E-state index contributed by atoms with van der Waals surface area (Å²) < 4.78 is 30.1. The van der Waals surface area contributed by atoms with E-state index in [1.54, 1.807) is 13.8 Å². The number of carbonyl (C=O) groups is 2. The van der Waals surface area contributed by atoms with Gasteiger partial charge in [-0.05, 0) is 19.1 Å². The molecule has 9 heteroatoms. The van der Waals surface area contributed by atoms with Crippen molar-refractivity contribution >= 4 is 21.9 Å². The lowest BCUT2D eigenvalue weighted by atomic mass is 10.5. The van der Waals surface area contributed by atoms with E-state index in [-0.39, 0.29) is 13.1 Å². The SMILES string of the molecule is CCNC(=O)CN(CC)S(=O)(=O)c1ccc(C(=O)O)o1. The minimum Gasteiger partial charge on any atom is -0.475 e. The predicted octanol–water partition coefficient (Wildman–Crippen LogP) is 0.124. The van der Waals surface area contributed by atoms with Gasteiger partial charge < -0.3 is 14.8 Å². The zero-order valence-electron chi connectivity index (χ0n) is 11.1. The van der Waals surface area contributed by atoms with Gasteiger partial charge in [-0.1, -0.05) is 6.92 Å². The third kappa shape index (κ3) is 3.58. The standard InChI is InChI=1S/C11H16N2O6S/c1-3-12-9(14)7-13(4-2)20(17,18)10-6-5-8(19-10)11(15)16/h5-6H,3-4,7H2,1-2H3,(H,12,14)(H,15,16). The van der Waals surface area contributed by atoms with Crippen molar-refractivity contribution in [3.05, 3.63) is 17.9 Å². The summed E-state index contributed by atoms with van der Waals surface area (Å²) >= 11 is 0. The molecule has 0 unspecified atom stereocenters. The molecule has 0 radical (unpaired) electrons.